The van der Waals surface area contributed by atoms with E-state index >= 15 is 0 Å². The molecule has 0 bridgehead atoms. The van der Waals surface area contributed by atoms with E-state index in [1.807, 2.05) is 13.1 Å². The van der Waals surface area contributed by atoms with E-state index in [0.717, 1.165) is 31.0 Å². The largest absolute Gasteiger partial charge is 0.487 e. The van der Waals surface area contributed by atoms with Crippen LogP contribution in [0.25, 0.3) is 0 Å². The lowest BCUT2D eigenvalue weighted by Gasteiger charge is -2.14. The van der Waals surface area contributed by atoms with E-state index in [1.54, 1.807) is 0 Å². The van der Waals surface area contributed by atoms with E-state index in [4.69, 9.17) is 4.74 Å². The Labute approximate surface area is 91.1 Å². The second-order valence-electron chi connectivity index (χ2n) is 4.36. The number of aromatic nitrogens is 1. The molecule has 3 nitrogen and oxygen atoms in total. The van der Waals surface area contributed by atoms with Crippen molar-refractivity contribution in [3.05, 3.63) is 23.5 Å². The molecule has 0 amide bonds. The van der Waals surface area contributed by atoms with Gasteiger partial charge in [-0.3, -0.25) is 4.98 Å². The summed E-state index contributed by atoms with van der Waals surface area (Å²) >= 11 is 0. The van der Waals surface area contributed by atoms with E-state index in [2.05, 4.69) is 29.9 Å². The quantitative estimate of drug-likeness (QED) is 0.737. The highest BCUT2D eigenvalue weighted by molar-refractivity contribution is 5.27. The molecule has 1 aliphatic heterocycles. The number of ether oxygens (including phenoxy) is 1. The molecule has 1 aliphatic rings. The minimum Gasteiger partial charge on any atom is -0.487 e. The summed E-state index contributed by atoms with van der Waals surface area (Å²) in [5.74, 6) is 0.901. The van der Waals surface area contributed by atoms with Gasteiger partial charge in [0.25, 0.3) is 0 Å². The molecule has 0 radical (unpaired) electrons. The number of likely N-dealkylation sites (tertiary alicyclic amines) is 1. The fraction of sp³-hybridized carbons (Fsp3) is 0.583. The van der Waals surface area contributed by atoms with Gasteiger partial charge in [-0.25, -0.2) is 0 Å². The maximum Gasteiger partial charge on any atom is 0.138 e. The average molecular weight is 206 g/mol. The average Bonchev–Trinajstić information content (AvgIpc) is 2.58. The summed E-state index contributed by atoms with van der Waals surface area (Å²) in [6.07, 6.45) is 3.27. The summed E-state index contributed by atoms with van der Waals surface area (Å²) in [5, 5.41) is 0. The molecule has 1 aromatic heterocycles. The zero-order valence-electron chi connectivity index (χ0n) is 9.66. The van der Waals surface area contributed by atoms with Crippen LogP contribution < -0.4 is 4.74 Å². The lowest BCUT2D eigenvalue weighted by Crippen LogP contribution is -2.21. The SMILES string of the molecule is Cc1cc(O[C@@H]2CCN(C)C2)cnc1C. The standard InChI is InChI=1S/C12H18N2O/c1-9-6-12(7-13-10(9)2)15-11-4-5-14(3)8-11/h6-7,11H,4-5,8H2,1-3H3/t11-/m1/s1. The summed E-state index contributed by atoms with van der Waals surface area (Å²) < 4.78 is 5.88. The lowest BCUT2D eigenvalue weighted by atomic mass is 10.2. The first-order valence-corrected chi connectivity index (χ1v) is 5.43. The predicted molar refractivity (Wildman–Crippen MR) is 60.2 cm³/mol. The van der Waals surface area contributed by atoms with Crippen molar-refractivity contribution in [2.45, 2.75) is 26.4 Å². The van der Waals surface area contributed by atoms with Crippen LogP contribution in [-0.4, -0.2) is 36.1 Å². The van der Waals surface area contributed by atoms with E-state index in [1.165, 1.54) is 5.56 Å². The fourth-order valence-corrected chi connectivity index (χ4v) is 1.87. The lowest BCUT2D eigenvalue weighted by molar-refractivity contribution is 0.207. The van der Waals surface area contributed by atoms with Crippen molar-refractivity contribution in [1.82, 2.24) is 9.88 Å². The maximum atomic E-state index is 5.88. The van der Waals surface area contributed by atoms with E-state index in [9.17, 15) is 0 Å². The molecule has 82 valence electrons. The molecule has 2 heterocycles. The van der Waals surface area contributed by atoms with E-state index in [0.29, 0.717) is 6.10 Å². The molecule has 3 heteroatoms. The van der Waals surface area contributed by atoms with E-state index < -0.39 is 0 Å². The van der Waals surface area contributed by atoms with Crippen LogP contribution in [0.3, 0.4) is 0 Å². The van der Waals surface area contributed by atoms with Gasteiger partial charge in [-0.2, -0.15) is 0 Å². The molecule has 1 saturated heterocycles. The zero-order valence-corrected chi connectivity index (χ0v) is 9.66. The molecule has 0 unspecified atom stereocenters. The highest BCUT2D eigenvalue weighted by atomic mass is 16.5. The zero-order chi connectivity index (χ0) is 10.8. The Kier molecular flexibility index (Phi) is 2.91. The second-order valence-corrected chi connectivity index (χ2v) is 4.36. The third kappa shape index (κ3) is 2.48. The van der Waals surface area contributed by atoms with Crippen molar-refractivity contribution in [2.75, 3.05) is 20.1 Å². The molecular formula is C12H18N2O. The molecule has 0 spiro atoms. The smallest absolute Gasteiger partial charge is 0.138 e. The van der Waals surface area contributed by atoms with Gasteiger partial charge in [-0.15, -0.1) is 0 Å². The number of aryl methyl sites for hydroxylation is 2. The maximum absolute atomic E-state index is 5.88. The topological polar surface area (TPSA) is 25.4 Å². The second kappa shape index (κ2) is 4.19. The third-order valence-electron chi connectivity index (χ3n) is 2.97. The summed E-state index contributed by atoms with van der Waals surface area (Å²) in [5.41, 5.74) is 2.27. The Morgan fingerprint density at radius 1 is 1.47 bits per heavy atom. The van der Waals surface area contributed by atoms with Gasteiger partial charge >= 0.3 is 0 Å². The van der Waals surface area contributed by atoms with Gasteiger partial charge in [0.1, 0.15) is 11.9 Å². The van der Waals surface area contributed by atoms with Gasteiger partial charge in [0.2, 0.25) is 0 Å². The van der Waals surface area contributed by atoms with Gasteiger partial charge in [-0.05, 0) is 38.9 Å². The van der Waals surface area contributed by atoms with Gasteiger partial charge < -0.3 is 9.64 Å². The van der Waals surface area contributed by atoms with Crippen molar-refractivity contribution in [1.29, 1.82) is 0 Å². The highest BCUT2D eigenvalue weighted by Gasteiger charge is 2.20. The van der Waals surface area contributed by atoms with Gasteiger partial charge in [0.05, 0.1) is 6.20 Å². The molecule has 1 atom stereocenters. The highest BCUT2D eigenvalue weighted by Crippen LogP contribution is 2.18. The van der Waals surface area contributed by atoms with Crippen molar-refractivity contribution in [3.63, 3.8) is 0 Å². The van der Waals surface area contributed by atoms with Crippen molar-refractivity contribution >= 4 is 0 Å². The Bertz CT molecular complexity index is 351. The summed E-state index contributed by atoms with van der Waals surface area (Å²) in [6, 6.07) is 2.07. The fourth-order valence-electron chi connectivity index (χ4n) is 1.87. The van der Waals surface area contributed by atoms with Crippen molar-refractivity contribution < 1.29 is 4.74 Å². The minimum absolute atomic E-state index is 0.332. The monoisotopic (exact) mass is 206 g/mol. The number of pyridine rings is 1. The molecule has 0 N–H and O–H groups in total. The van der Waals surface area contributed by atoms with Crippen molar-refractivity contribution in [2.24, 2.45) is 0 Å². The van der Waals surface area contributed by atoms with Crippen LogP contribution in [0, 0.1) is 13.8 Å². The summed E-state index contributed by atoms with van der Waals surface area (Å²) in [6.45, 7) is 6.23. The van der Waals surface area contributed by atoms with Crippen LogP contribution in [0.5, 0.6) is 5.75 Å². The van der Waals surface area contributed by atoms with Crippen LogP contribution in [0.1, 0.15) is 17.7 Å². The van der Waals surface area contributed by atoms with Gasteiger partial charge in [0, 0.05) is 18.8 Å². The number of nitrogens with zero attached hydrogens (tertiary/aromatic N) is 2. The molecule has 0 aromatic carbocycles. The van der Waals surface area contributed by atoms with Crippen molar-refractivity contribution in [3.8, 4) is 5.75 Å². The predicted octanol–water partition coefficient (Wildman–Crippen LogP) is 1.78. The first-order chi connectivity index (χ1) is 7.15. The Morgan fingerprint density at radius 2 is 2.27 bits per heavy atom. The van der Waals surface area contributed by atoms with Crippen LogP contribution >= 0.6 is 0 Å². The Hall–Kier alpha value is -1.09. The molecule has 0 aliphatic carbocycles. The van der Waals surface area contributed by atoms with Crippen LogP contribution in [0.4, 0.5) is 0 Å². The molecule has 1 fully saturated rings. The number of hydrogen-bond donors (Lipinski definition) is 0. The van der Waals surface area contributed by atoms with Gasteiger partial charge in [0.15, 0.2) is 0 Å². The molecule has 0 saturated carbocycles. The molecule has 1 aromatic rings. The van der Waals surface area contributed by atoms with Crippen LogP contribution in [-0.2, 0) is 0 Å². The number of hydrogen-bond acceptors (Lipinski definition) is 3. The first-order valence-electron chi connectivity index (χ1n) is 5.43. The van der Waals surface area contributed by atoms with Crippen LogP contribution in [0.15, 0.2) is 12.3 Å². The Balaban J connectivity index is 2.02. The van der Waals surface area contributed by atoms with E-state index in [-0.39, 0.29) is 0 Å². The molecular weight excluding hydrogens is 188 g/mol. The summed E-state index contributed by atoms with van der Waals surface area (Å²) in [4.78, 5) is 6.59. The third-order valence-corrected chi connectivity index (χ3v) is 2.97. The molecule has 15 heavy (non-hydrogen) atoms. The summed E-state index contributed by atoms with van der Waals surface area (Å²) in [7, 11) is 2.13. The minimum atomic E-state index is 0.332. The number of rotatable bonds is 2. The molecule has 2 rings (SSSR count). The Morgan fingerprint density at radius 3 is 2.87 bits per heavy atom. The van der Waals surface area contributed by atoms with Gasteiger partial charge in [-0.1, -0.05) is 0 Å². The number of likely N-dealkylation sites (N-methyl/N-ethyl adjacent to an activating group) is 1. The first kappa shape index (κ1) is 10.4. The van der Waals surface area contributed by atoms with Crippen LogP contribution in [0.2, 0.25) is 0 Å². The normalized spacial score (nSPS) is 21.9.